The average Bonchev–Trinajstić information content (AvgIpc) is 3.26. The Balaban J connectivity index is 0.000000771. The lowest BCUT2D eigenvalue weighted by Crippen LogP contribution is -2.44. The summed E-state index contributed by atoms with van der Waals surface area (Å²) >= 11 is 0. The Morgan fingerprint density at radius 3 is 2.31 bits per heavy atom. The van der Waals surface area contributed by atoms with Gasteiger partial charge in [-0.15, -0.1) is 0 Å². The van der Waals surface area contributed by atoms with Gasteiger partial charge in [-0.1, -0.05) is 19.9 Å². The summed E-state index contributed by atoms with van der Waals surface area (Å²) in [4.78, 5) is 24.8. The van der Waals surface area contributed by atoms with Gasteiger partial charge in [0, 0.05) is 11.6 Å². The molecule has 0 unspecified atom stereocenters. The van der Waals surface area contributed by atoms with Crippen molar-refractivity contribution in [3.05, 3.63) is 47.3 Å². The smallest absolute Gasteiger partial charge is 0.291 e. The number of anilines is 1. The standard InChI is InChI=1S/C27H35N5O2.CH4O3S/c1-25(2)11-9-17(10-12-25)22-21(32-24(33)23-29-16-19(15-28)30-23)8-7-20(31-22)18-13-26(3,4)34-27(5,6)14-18;1-5(2,3)4/h7-9,16,18H,10-14H2,1-6H3,(H,29,30)(H,32,33);1H3,(H,2,3,4). The van der Waals surface area contributed by atoms with Crippen molar-refractivity contribution < 1.29 is 22.5 Å². The van der Waals surface area contributed by atoms with Crippen LogP contribution in [0.3, 0.4) is 0 Å². The first-order valence-corrected chi connectivity index (χ1v) is 14.8. The molecule has 1 amide bonds. The molecule has 2 aromatic heterocycles. The van der Waals surface area contributed by atoms with Gasteiger partial charge in [0.05, 0.1) is 35.0 Å². The van der Waals surface area contributed by atoms with Gasteiger partial charge in [-0.2, -0.15) is 13.7 Å². The zero-order valence-electron chi connectivity index (χ0n) is 23.8. The summed E-state index contributed by atoms with van der Waals surface area (Å²) in [5, 5.41) is 12.0. The molecular weight excluding hydrogens is 518 g/mol. The number of carbonyl (C=O) groups excluding carboxylic acids is 1. The number of amides is 1. The van der Waals surface area contributed by atoms with E-state index in [1.54, 1.807) is 0 Å². The van der Waals surface area contributed by atoms with E-state index in [1.807, 2.05) is 18.2 Å². The largest absolute Gasteiger partial charge is 0.370 e. The summed E-state index contributed by atoms with van der Waals surface area (Å²) in [6.45, 7) is 13.1. The highest BCUT2D eigenvalue weighted by atomic mass is 32.2. The monoisotopic (exact) mass is 557 g/mol. The second-order valence-electron chi connectivity index (χ2n) is 12.4. The number of hydrogen-bond donors (Lipinski definition) is 3. The molecule has 3 N–H and O–H groups in total. The number of pyridine rings is 1. The third-order valence-corrected chi connectivity index (χ3v) is 6.80. The number of imidazole rings is 1. The number of nitrogens with one attached hydrogen (secondary N) is 2. The lowest BCUT2D eigenvalue weighted by molar-refractivity contribution is -0.162. The molecule has 2 aromatic rings. The summed E-state index contributed by atoms with van der Waals surface area (Å²) in [6.07, 6.45) is 9.08. The molecule has 1 fully saturated rings. The van der Waals surface area contributed by atoms with E-state index in [-0.39, 0.29) is 40.0 Å². The molecular formula is C28H39N5O5S. The number of H-pyrrole nitrogens is 1. The predicted molar refractivity (Wildman–Crippen MR) is 150 cm³/mol. The highest BCUT2D eigenvalue weighted by molar-refractivity contribution is 7.85. The first-order valence-electron chi connectivity index (χ1n) is 13.0. The number of aromatic nitrogens is 3. The van der Waals surface area contributed by atoms with Crippen LogP contribution in [0.15, 0.2) is 24.4 Å². The summed E-state index contributed by atoms with van der Waals surface area (Å²) < 4.78 is 32.2. The van der Waals surface area contributed by atoms with Crippen LogP contribution < -0.4 is 5.32 Å². The zero-order valence-corrected chi connectivity index (χ0v) is 24.6. The van der Waals surface area contributed by atoms with E-state index in [1.165, 1.54) is 11.8 Å². The Morgan fingerprint density at radius 1 is 1.18 bits per heavy atom. The molecule has 10 nitrogen and oxygen atoms in total. The molecule has 11 heteroatoms. The van der Waals surface area contributed by atoms with Crippen LogP contribution in [0.2, 0.25) is 0 Å². The van der Waals surface area contributed by atoms with Crippen LogP contribution in [0.4, 0.5) is 5.69 Å². The molecule has 2 aliphatic rings. The van der Waals surface area contributed by atoms with Gasteiger partial charge in [0.25, 0.3) is 16.0 Å². The minimum Gasteiger partial charge on any atom is -0.370 e. The van der Waals surface area contributed by atoms with E-state index in [2.05, 4.69) is 62.9 Å². The van der Waals surface area contributed by atoms with Gasteiger partial charge < -0.3 is 15.0 Å². The fourth-order valence-corrected chi connectivity index (χ4v) is 5.31. The minimum absolute atomic E-state index is 0.110. The molecule has 0 radical (unpaired) electrons. The number of allylic oxidation sites excluding steroid dienone is 2. The maximum Gasteiger partial charge on any atom is 0.291 e. The van der Waals surface area contributed by atoms with Gasteiger partial charge in [-0.3, -0.25) is 14.3 Å². The molecule has 0 saturated carbocycles. The van der Waals surface area contributed by atoms with Crippen LogP contribution in [0, 0.1) is 16.7 Å². The van der Waals surface area contributed by atoms with E-state index in [4.69, 9.17) is 19.5 Å². The lowest BCUT2D eigenvalue weighted by Gasteiger charge is -2.45. The van der Waals surface area contributed by atoms with Crippen LogP contribution in [0.25, 0.3) is 5.57 Å². The van der Waals surface area contributed by atoms with Gasteiger partial charge in [-0.25, -0.2) is 4.98 Å². The van der Waals surface area contributed by atoms with E-state index in [0.29, 0.717) is 11.9 Å². The van der Waals surface area contributed by atoms with Crippen molar-refractivity contribution in [3.8, 4) is 6.07 Å². The first kappa shape index (κ1) is 30.5. The number of ether oxygens (including phenoxy) is 1. The van der Waals surface area contributed by atoms with Crippen LogP contribution in [-0.2, 0) is 14.9 Å². The van der Waals surface area contributed by atoms with Crippen molar-refractivity contribution in [1.29, 1.82) is 5.26 Å². The maximum absolute atomic E-state index is 12.9. The molecule has 3 heterocycles. The van der Waals surface area contributed by atoms with E-state index in [9.17, 15) is 13.2 Å². The molecule has 0 aromatic carbocycles. The van der Waals surface area contributed by atoms with Crippen molar-refractivity contribution in [2.24, 2.45) is 5.41 Å². The molecule has 4 rings (SSSR count). The second kappa shape index (κ2) is 11.2. The third-order valence-electron chi connectivity index (χ3n) is 6.80. The summed E-state index contributed by atoms with van der Waals surface area (Å²) in [5.41, 5.74) is 3.75. The van der Waals surface area contributed by atoms with Gasteiger partial charge in [0.1, 0.15) is 11.8 Å². The number of carbonyl (C=O) groups is 1. The van der Waals surface area contributed by atoms with Crippen molar-refractivity contribution in [2.75, 3.05) is 11.6 Å². The minimum atomic E-state index is -3.67. The summed E-state index contributed by atoms with van der Waals surface area (Å²) in [6, 6.07) is 5.95. The highest BCUT2D eigenvalue weighted by Gasteiger charge is 2.40. The van der Waals surface area contributed by atoms with Crippen molar-refractivity contribution in [2.45, 2.75) is 90.8 Å². The van der Waals surface area contributed by atoms with Gasteiger partial charge in [0.15, 0.2) is 5.82 Å². The van der Waals surface area contributed by atoms with Crippen LogP contribution >= 0.6 is 0 Å². The number of aromatic amines is 1. The Morgan fingerprint density at radius 2 is 1.79 bits per heavy atom. The predicted octanol–water partition coefficient (Wildman–Crippen LogP) is 5.48. The molecule has 1 aliphatic carbocycles. The SMILES string of the molecule is CC1(C)CC=C(c2nc(C3CC(C)(C)OC(C)(C)C3)ccc2NC(=O)c2ncc(C#N)[nH]2)CC1.CS(=O)(=O)O. The van der Waals surface area contributed by atoms with E-state index >= 15 is 0 Å². The van der Waals surface area contributed by atoms with Crippen LogP contribution in [0.1, 0.15) is 107 Å². The Bertz CT molecular complexity index is 1380. The highest BCUT2D eigenvalue weighted by Crippen LogP contribution is 2.44. The molecule has 1 aliphatic heterocycles. The van der Waals surface area contributed by atoms with Crippen LogP contribution in [0.5, 0.6) is 0 Å². The van der Waals surface area contributed by atoms with Crippen molar-refractivity contribution in [3.63, 3.8) is 0 Å². The van der Waals surface area contributed by atoms with Gasteiger partial charge >= 0.3 is 0 Å². The molecule has 0 atom stereocenters. The van der Waals surface area contributed by atoms with Crippen molar-refractivity contribution in [1.82, 2.24) is 15.0 Å². The fraction of sp³-hybridized carbons (Fsp3) is 0.571. The summed E-state index contributed by atoms with van der Waals surface area (Å²) in [7, 11) is -3.67. The molecule has 39 heavy (non-hydrogen) atoms. The quantitative estimate of drug-likeness (QED) is 0.417. The first-order chi connectivity index (χ1) is 17.9. The molecule has 0 bridgehead atoms. The Hall–Kier alpha value is -3.07. The van der Waals surface area contributed by atoms with E-state index < -0.39 is 10.1 Å². The number of nitriles is 1. The number of hydrogen-bond acceptors (Lipinski definition) is 7. The maximum atomic E-state index is 12.9. The van der Waals surface area contributed by atoms with Crippen LogP contribution in [-0.4, -0.2) is 51.3 Å². The Kier molecular flexibility index (Phi) is 8.75. The average molecular weight is 558 g/mol. The van der Waals surface area contributed by atoms with E-state index in [0.717, 1.165) is 43.5 Å². The van der Waals surface area contributed by atoms with Crippen molar-refractivity contribution >= 4 is 27.3 Å². The lowest BCUT2D eigenvalue weighted by atomic mass is 9.77. The Labute approximate surface area is 231 Å². The fourth-order valence-electron chi connectivity index (χ4n) is 5.31. The summed E-state index contributed by atoms with van der Waals surface area (Å²) in [5.74, 6) is -0.00761. The van der Waals surface area contributed by atoms with Gasteiger partial charge in [-0.05, 0) is 82.9 Å². The topological polar surface area (TPSA) is 158 Å². The molecule has 212 valence electrons. The molecule has 0 spiro atoms. The number of rotatable bonds is 4. The normalized spacial score (nSPS) is 20.1. The zero-order chi connectivity index (χ0) is 29.2. The number of nitrogens with zero attached hydrogens (tertiary/aromatic N) is 3. The third kappa shape index (κ3) is 8.98. The second-order valence-corrected chi connectivity index (χ2v) is 13.9. The molecule has 1 saturated heterocycles. The van der Waals surface area contributed by atoms with Gasteiger partial charge in [0.2, 0.25) is 0 Å².